The summed E-state index contributed by atoms with van der Waals surface area (Å²) in [5.41, 5.74) is 2.79. The highest BCUT2D eigenvalue weighted by molar-refractivity contribution is 6.30. The molecule has 0 saturated carbocycles. The Morgan fingerprint density at radius 1 is 1.29 bits per heavy atom. The Balaban J connectivity index is 1.32. The fourth-order valence-electron chi connectivity index (χ4n) is 3.67. The van der Waals surface area contributed by atoms with Gasteiger partial charge in [0.2, 0.25) is 5.89 Å². The Kier molecular flexibility index (Phi) is 6.62. The maximum atomic E-state index is 6.20. The van der Waals surface area contributed by atoms with Gasteiger partial charge in [0.05, 0.1) is 25.0 Å². The quantitative estimate of drug-likeness (QED) is 0.447. The van der Waals surface area contributed by atoms with E-state index in [1.54, 1.807) is 20.4 Å². The van der Waals surface area contributed by atoms with E-state index in [0.717, 1.165) is 48.2 Å². The van der Waals surface area contributed by atoms with Crippen molar-refractivity contribution < 1.29 is 9.15 Å². The molecule has 1 saturated heterocycles. The number of ether oxygens (including phenoxy) is 1. The monoisotopic (exact) mass is 439 g/mol. The van der Waals surface area contributed by atoms with E-state index in [1.807, 2.05) is 48.5 Å². The number of hydrogen-bond donors (Lipinski definition) is 2. The normalized spacial score (nSPS) is 16.4. The summed E-state index contributed by atoms with van der Waals surface area (Å²) >= 11 is 6.20. The Morgan fingerprint density at radius 2 is 2.13 bits per heavy atom. The fraction of sp³-hybridized carbons (Fsp3) is 0.304. The first-order valence-electron chi connectivity index (χ1n) is 10.2. The van der Waals surface area contributed by atoms with Gasteiger partial charge in [-0.15, -0.1) is 0 Å². The molecule has 0 amide bonds. The average Bonchev–Trinajstić information content (AvgIpc) is 3.47. The van der Waals surface area contributed by atoms with Gasteiger partial charge in [0.25, 0.3) is 0 Å². The van der Waals surface area contributed by atoms with E-state index in [4.69, 9.17) is 20.8 Å². The lowest BCUT2D eigenvalue weighted by Crippen LogP contribution is -2.44. The average molecular weight is 440 g/mol. The van der Waals surface area contributed by atoms with E-state index in [2.05, 4.69) is 25.5 Å². The number of halogens is 1. The first-order chi connectivity index (χ1) is 15.2. The standard InChI is InChI=1S/C23H26ClN5O2/c1-25-23(26-13-19-15-31-22(27-19)16-6-4-3-5-7-16)28-18-10-11-29(14-18)20-12-17(24)8-9-21(20)30-2/h3-9,12,15,18H,10-11,13-14H2,1-2H3,(H2,25,26,28). The summed E-state index contributed by atoms with van der Waals surface area (Å²) in [6, 6.07) is 15.8. The number of guanidine groups is 1. The molecule has 1 aliphatic heterocycles. The zero-order chi connectivity index (χ0) is 21.6. The van der Waals surface area contributed by atoms with E-state index in [-0.39, 0.29) is 6.04 Å². The number of anilines is 1. The molecule has 2 heterocycles. The number of rotatable bonds is 6. The van der Waals surface area contributed by atoms with Crippen LogP contribution in [0.4, 0.5) is 5.69 Å². The molecular weight excluding hydrogens is 414 g/mol. The first kappa shape index (κ1) is 21.1. The topological polar surface area (TPSA) is 74.9 Å². The SMILES string of the molecule is CN=C(NCc1coc(-c2ccccc2)n1)NC1CCN(c2cc(Cl)ccc2OC)C1. The number of aromatic nitrogens is 1. The highest BCUT2D eigenvalue weighted by Crippen LogP contribution is 2.33. The van der Waals surface area contributed by atoms with Crippen molar-refractivity contribution in [3.05, 3.63) is 65.5 Å². The van der Waals surface area contributed by atoms with E-state index in [9.17, 15) is 0 Å². The van der Waals surface area contributed by atoms with Crippen molar-refractivity contribution in [2.45, 2.75) is 19.0 Å². The molecule has 1 fully saturated rings. The third kappa shape index (κ3) is 5.11. The zero-order valence-electron chi connectivity index (χ0n) is 17.6. The highest BCUT2D eigenvalue weighted by Gasteiger charge is 2.25. The molecule has 0 radical (unpaired) electrons. The number of aliphatic imine (C=N–C) groups is 1. The molecule has 1 atom stereocenters. The van der Waals surface area contributed by atoms with Crippen LogP contribution in [0.25, 0.3) is 11.5 Å². The van der Waals surface area contributed by atoms with Crippen LogP contribution < -0.4 is 20.3 Å². The molecule has 0 bridgehead atoms. The lowest BCUT2D eigenvalue weighted by Gasteiger charge is -2.22. The van der Waals surface area contributed by atoms with Gasteiger partial charge in [-0.3, -0.25) is 4.99 Å². The van der Waals surface area contributed by atoms with Crippen LogP contribution in [0.3, 0.4) is 0 Å². The summed E-state index contributed by atoms with van der Waals surface area (Å²) in [4.78, 5) is 11.2. The second-order valence-corrected chi connectivity index (χ2v) is 7.76. The number of nitrogens with zero attached hydrogens (tertiary/aromatic N) is 3. The molecule has 0 aliphatic carbocycles. The van der Waals surface area contributed by atoms with Crippen LogP contribution in [0.5, 0.6) is 5.75 Å². The van der Waals surface area contributed by atoms with Crippen LogP contribution in [-0.2, 0) is 6.54 Å². The minimum Gasteiger partial charge on any atom is -0.495 e. The van der Waals surface area contributed by atoms with Crippen LogP contribution >= 0.6 is 11.6 Å². The second kappa shape index (κ2) is 9.75. The second-order valence-electron chi connectivity index (χ2n) is 7.33. The zero-order valence-corrected chi connectivity index (χ0v) is 18.4. The number of methoxy groups -OCH3 is 1. The third-order valence-electron chi connectivity index (χ3n) is 5.24. The number of benzene rings is 2. The number of oxazole rings is 1. The van der Waals surface area contributed by atoms with E-state index < -0.39 is 0 Å². The third-order valence-corrected chi connectivity index (χ3v) is 5.48. The van der Waals surface area contributed by atoms with Gasteiger partial charge in [0.1, 0.15) is 12.0 Å². The molecule has 2 N–H and O–H groups in total. The van der Waals surface area contributed by atoms with Crippen molar-refractivity contribution in [2.75, 3.05) is 32.1 Å². The Morgan fingerprint density at radius 3 is 2.90 bits per heavy atom. The minimum atomic E-state index is 0.257. The summed E-state index contributed by atoms with van der Waals surface area (Å²) in [5, 5.41) is 7.51. The van der Waals surface area contributed by atoms with Gasteiger partial charge in [-0.05, 0) is 36.8 Å². The summed E-state index contributed by atoms with van der Waals surface area (Å²) in [6.45, 7) is 2.27. The maximum absolute atomic E-state index is 6.20. The summed E-state index contributed by atoms with van der Waals surface area (Å²) in [7, 11) is 3.44. The first-order valence-corrected chi connectivity index (χ1v) is 10.6. The molecule has 4 rings (SSSR count). The molecule has 0 spiro atoms. The van der Waals surface area contributed by atoms with Crippen molar-refractivity contribution in [1.29, 1.82) is 0 Å². The lowest BCUT2D eigenvalue weighted by atomic mass is 10.2. The fourth-order valence-corrected chi connectivity index (χ4v) is 3.84. The van der Waals surface area contributed by atoms with Gasteiger partial charge in [-0.2, -0.15) is 0 Å². The highest BCUT2D eigenvalue weighted by atomic mass is 35.5. The van der Waals surface area contributed by atoms with E-state index in [1.165, 1.54) is 0 Å². The van der Waals surface area contributed by atoms with Crippen molar-refractivity contribution >= 4 is 23.2 Å². The predicted octanol–water partition coefficient (Wildman–Crippen LogP) is 3.95. The van der Waals surface area contributed by atoms with Crippen LogP contribution in [-0.4, -0.2) is 44.2 Å². The van der Waals surface area contributed by atoms with Gasteiger partial charge >= 0.3 is 0 Å². The lowest BCUT2D eigenvalue weighted by molar-refractivity contribution is 0.415. The summed E-state index contributed by atoms with van der Waals surface area (Å²) < 4.78 is 11.1. The van der Waals surface area contributed by atoms with Gasteiger partial charge in [-0.25, -0.2) is 4.98 Å². The molecule has 31 heavy (non-hydrogen) atoms. The van der Waals surface area contributed by atoms with E-state index >= 15 is 0 Å². The van der Waals surface area contributed by atoms with Gasteiger partial charge in [0.15, 0.2) is 5.96 Å². The molecule has 1 aliphatic rings. The molecular formula is C23H26ClN5O2. The van der Waals surface area contributed by atoms with Gasteiger partial charge in [-0.1, -0.05) is 29.8 Å². The Hall–Kier alpha value is -3.19. The largest absolute Gasteiger partial charge is 0.495 e. The van der Waals surface area contributed by atoms with Gasteiger partial charge in [0, 0.05) is 36.8 Å². The van der Waals surface area contributed by atoms with E-state index in [0.29, 0.717) is 17.5 Å². The predicted molar refractivity (Wildman–Crippen MR) is 124 cm³/mol. The van der Waals surface area contributed by atoms with Crippen LogP contribution in [0, 0.1) is 0 Å². The van der Waals surface area contributed by atoms with Crippen LogP contribution in [0.15, 0.2) is 64.2 Å². The van der Waals surface area contributed by atoms with Crippen molar-refractivity contribution in [3.63, 3.8) is 0 Å². The summed E-state index contributed by atoms with van der Waals surface area (Å²) in [5.74, 6) is 2.17. The Labute approximate surface area is 187 Å². The van der Waals surface area contributed by atoms with Gasteiger partial charge < -0.3 is 24.7 Å². The van der Waals surface area contributed by atoms with Crippen molar-refractivity contribution in [1.82, 2.24) is 15.6 Å². The Bertz CT molecular complexity index is 1040. The molecule has 7 nitrogen and oxygen atoms in total. The molecule has 162 valence electrons. The molecule has 1 unspecified atom stereocenters. The number of hydrogen-bond acceptors (Lipinski definition) is 5. The molecule has 3 aromatic rings. The molecule has 2 aromatic carbocycles. The van der Waals surface area contributed by atoms with Crippen molar-refractivity contribution in [2.24, 2.45) is 4.99 Å². The molecule has 1 aromatic heterocycles. The smallest absolute Gasteiger partial charge is 0.226 e. The van der Waals surface area contributed by atoms with Crippen LogP contribution in [0.1, 0.15) is 12.1 Å². The molecule has 8 heteroatoms. The summed E-state index contributed by atoms with van der Waals surface area (Å²) in [6.07, 6.45) is 2.66. The van der Waals surface area contributed by atoms with Crippen molar-refractivity contribution in [3.8, 4) is 17.2 Å². The van der Waals surface area contributed by atoms with Crippen LogP contribution in [0.2, 0.25) is 5.02 Å². The number of nitrogens with one attached hydrogen (secondary N) is 2. The minimum absolute atomic E-state index is 0.257. The maximum Gasteiger partial charge on any atom is 0.226 e.